The predicted octanol–water partition coefficient (Wildman–Crippen LogP) is 9.17. The summed E-state index contributed by atoms with van der Waals surface area (Å²) in [5.74, 6) is 0.00376. The molecule has 0 aliphatic carbocycles. The molecule has 2 aromatic heterocycles. The van der Waals surface area contributed by atoms with Crippen molar-refractivity contribution >= 4 is 56.2 Å². The Hall–Kier alpha value is -3.81. The van der Waals surface area contributed by atoms with Crippen LogP contribution in [0.15, 0.2) is 115 Å². The molecule has 0 saturated carbocycles. The lowest BCUT2D eigenvalue weighted by Gasteiger charge is -2.27. The summed E-state index contributed by atoms with van der Waals surface area (Å²) in [6, 6.07) is 39.6. The van der Waals surface area contributed by atoms with Crippen LogP contribution in [0.25, 0.3) is 20.8 Å². The number of benzene rings is 4. The Morgan fingerprint density at radius 1 is 0.814 bits per heavy atom. The second kappa shape index (κ2) is 13.2. The number of carbonyl (C=O) groups excluding carboxylic acids is 1. The average molecular weight is 622 g/mol. The van der Waals surface area contributed by atoms with Crippen LogP contribution in [0, 0.1) is 0 Å². The summed E-state index contributed by atoms with van der Waals surface area (Å²) >= 11 is 3.43. The molecule has 0 unspecified atom stereocenters. The number of hydrogen-bond donors (Lipinski definition) is 1. The van der Waals surface area contributed by atoms with Crippen LogP contribution in [0.2, 0.25) is 0 Å². The molecule has 7 heteroatoms. The Kier molecular flexibility index (Phi) is 9.00. The van der Waals surface area contributed by atoms with E-state index in [1.54, 1.807) is 22.7 Å². The van der Waals surface area contributed by atoms with Crippen LogP contribution < -0.4 is 5.32 Å². The largest absolute Gasteiger partial charge is 0.317 e. The van der Waals surface area contributed by atoms with E-state index in [0.717, 1.165) is 58.3 Å². The number of nitrogens with one attached hydrogen (secondary N) is 1. The zero-order valence-electron chi connectivity index (χ0n) is 23.6. The molecule has 6 aromatic rings. The highest BCUT2D eigenvalue weighted by atomic mass is 35.5. The molecule has 0 radical (unpaired) electrons. The molecule has 216 valence electrons. The van der Waals surface area contributed by atoms with Crippen LogP contribution in [0.3, 0.4) is 0 Å². The number of halogens is 1. The maximum absolute atomic E-state index is 13.8. The summed E-state index contributed by atoms with van der Waals surface area (Å²) < 4.78 is 1.17. The summed E-state index contributed by atoms with van der Waals surface area (Å²) in [6.07, 6.45) is 1.31. The molecule has 0 bridgehead atoms. The highest BCUT2D eigenvalue weighted by molar-refractivity contribution is 7.22. The van der Waals surface area contributed by atoms with Crippen molar-refractivity contribution < 1.29 is 4.79 Å². The van der Waals surface area contributed by atoms with Gasteiger partial charge >= 0.3 is 0 Å². The van der Waals surface area contributed by atoms with Crippen molar-refractivity contribution in [2.75, 3.05) is 11.9 Å². The van der Waals surface area contributed by atoms with Crippen molar-refractivity contribution in [2.45, 2.75) is 31.8 Å². The second-order valence-electron chi connectivity index (χ2n) is 10.8. The number of anilines is 1. The van der Waals surface area contributed by atoms with E-state index >= 15 is 0 Å². The molecule has 3 heterocycles. The maximum atomic E-state index is 13.8. The predicted molar refractivity (Wildman–Crippen MR) is 182 cm³/mol. The van der Waals surface area contributed by atoms with Crippen LogP contribution in [-0.2, 0) is 24.3 Å². The highest BCUT2D eigenvalue weighted by Crippen LogP contribution is 2.46. The van der Waals surface area contributed by atoms with Gasteiger partial charge in [-0.25, -0.2) is 4.98 Å². The van der Waals surface area contributed by atoms with E-state index in [1.165, 1.54) is 20.7 Å². The van der Waals surface area contributed by atoms with E-state index in [0.29, 0.717) is 6.42 Å². The SMILES string of the molecule is Cl.O=C(CC(c1ccccc1)c1ccccc1)Nc1sc2c(c1-c1nc3ccccc3s1)CCN(Cc1ccccc1)C2. The summed E-state index contributed by atoms with van der Waals surface area (Å²) in [5, 5.41) is 5.28. The Morgan fingerprint density at radius 2 is 1.44 bits per heavy atom. The molecule has 0 spiro atoms. The quantitative estimate of drug-likeness (QED) is 0.184. The Morgan fingerprint density at radius 3 is 2.12 bits per heavy atom. The van der Waals surface area contributed by atoms with E-state index in [2.05, 4.69) is 83.0 Å². The Bertz CT molecular complexity index is 1750. The van der Waals surface area contributed by atoms with Gasteiger partial charge in [-0.05, 0) is 40.8 Å². The van der Waals surface area contributed by atoms with Crippen LogP contribution in [0.5, 0.6) is 0 Å². The smallest absolute Gasteiger partial charge is 0.225 e. The van der Waals surface area contributed by atoms with E-state index < -0.39 is 0 Å². The van der Waals surface area contributed by atoms with E-state index in [4.69, 9.17) is 4.98 Å². The number of aromatic nitrogens is 1. The van der Waals surface area contributed by atoms with Gasteiger partial charge in [-0.3, -0.25) is 9.69 Å². The monoisotopic (exact) mass is 621 g/mol. The van der Waals surface area contributed by atoms with E-state index in [9.17, 15) is 4.79 Å². The van der Waals surface area contributed by atoms with E-state index in [-0.39, 0.29) is 24.2 Å². The molecule has 43 heavy (non-hydrogen) atoms. The van der Waals surface area contributed by atoms with Gasteiger partial charge in [-0.15, -0.1) is 35.1 Å². The van der Waals surface area contributed by atoms with Gasteiger partial charge in [0.25, 0.3) is 0 Å². The molecule has 1 N–H and O–H groups in total. The maximum Gasteiger partial charge on any atom is 0.225 e. The molecule has 4 nitrogen and oxygen atoms in total. The fourth-order valence-corrected chi connectivity index (χ4v) is 8.31. The molecule has 1 aliphatic heterocycles. The summed E-state index contributed by atoms with van der Waals surface area (Å²) in [4.78, 5) is 22.7. The van der Waals surface area contributed by atoms with Crippen molar-refractivity contribution in [1.82, 2.24) is 9.88 Å². The average Bonchev–Trinajstić information content (AvgIpc) is 3.61. The van der Waals surface area contributed by atoms with Crippen LogP contribution >= 0.6 is 35.1 Å². The highest BCUT2D eigenvalue weighted by Gasteiger charge is 2.28. The second-order valence-corrected chi connectivity index (χ2v) is 12.9. The number of nitrogens with zero attached hydrogens (tertiary/aromatic N) is 2. The minimum Gasteiger partial charge on any atom is -0.317 e. The number of fused-ring (bicyclic) bond motifs is 2. The number of para-hydroxylation sites is 1. The molecule has 7 rings (SSSR count). The molecule has 4 aromatic carbocycles. The summed E-state index contributed by atoms with van der Waals surface area (Å²) in [5.41, 5.74) is 7.07. The van der Waals surface area contributed by atoms with Crippen molar-refractivity contribution in [2.24, 2.45) is 0 Å². The lowest BCUT2D eigenvalue weighted by atomic mass is 9.88. The van der Waals surface area contributed by atoms with Crippen molar-refractivity contribution in [3.8, 4) is 10.6 Å². The van der Waals surface area contributed by atoms with Crippen LogP contribution in [-0.4, -0.2) is 22.3 Å². The Labute approximate surface area is 266 Å². The van der Waals surface area contributed by atoms with Crippen molar-refractivity contribution in [3.05, 3.63) is 142 Å². The van der Waals surface area contributed by atoms with Gasteiger partial charge in [-0.1, -0.05) is 103 Å². The molecule has 0 saturated heterocycles. The third kappa shape index (κ3) is 6.43. The van der Waals surface area contributed by atoms with Gasteiger partial charge in [0.15, 0.2) is 0 Å². The minimum atomic E-state index is -0.0192. The van der Waals surface area contributed by atoms with Gasteiger partial charge in [0.1, 0.15) is 10.0 Å². The first-order valence-corrected chi connectivity index (χ1v) is 16.0. The lowest BCUT2D eigenvalue weighted by molar-refractivity contribution is -0.116. The number of rotatable bonds is 8. The first kappa shape index (κ1) is 29.3. The van der Waals surface area contributed by atoms with E-state index in [1.807, 2.05) is 42.5 Å². The molecular formula is C36H32ClN3OS2. The van der Waals surface area contributed by atoms with Crippen molar-refractivity contribution in [1.29, 1.82) is 0 Å². The molecule has 0 atom stereocenters. The third-order valence-electron chi connectivity index (χ3n) is 7.94. The molecule has 0 fully saturated rings. The normalized spacial score (nSPS) is 13.0. The first-order valence-electron chi connectivity index (χ1n) is 14.4. The fraction of sp³-hybridized carbons (Fsp3) is 0.167. The number of amides is 1. The molecule has 1 aliphatic rings. The molecular weight excluding hydrogens is 590 g/mol. The van der Waals surface area contributed by atoms with Gasteiger partial charge in [0, 0.05) is 42.4 Å². The number of thiazole rings is 1. The number of carbonyl (C=O) groups is 1. The number of thiophene rings is 1. The fourth-order valence-electron chi connectivity index (χ4n) is 5.89. The van der Waals surface area contributed by atoms with Gasteiger partial charge < -0.3 is 5.32 Å². The molecule has 1 amide bonds. The van der Waals surface area contributed by atoms with Crippen LogP contribution in [0.4, 0.5) is 5.00 Å². The van der Waals surface area contributed by atoms with Gasteiger partial charge in [-0.2, -0.15) is 0 Å². The van der Waals surface area contributed by atoms with Crippen molar-refractivity contribution in [3.63, 3.8) is 0 Å². The topological polar surface area (TPSA) is 45.2 Å². The van der Waals surface area contributed by atoms with Gasteiger partial charge in [0.2, 0.25) is 5.91 Å². The summed E-state index contributed by atoms with van der Waals surface area (Å²) in [7, 11) is 0. The minimum absolute atomic E-state index is 0. The van der Waals surface area contributed by atoms with Gasteiger partial charge in [0.05, 0.1) is 10.2 Å². The Balaban J connectivity index is 0.00000329. The number of hydrogen-bond acceptors (Lipinski definition) is 5. The zero-order chi connectivity index (χ0) is 28.3. The summed E-state index contributed by atoms with van der Waals surface area (Å²) in [6.45, 7) is 2.78. The lowest BCUT2D eigenvalue weighted by Crippen LogP contribution is -2.29. The third-order valence-corrected chi connectivity index (χ3v) is 10.1. The first-order chi connectivity index (χ1) is 20.7. The van der Waals surface area contributed by atoms with Crippen LogP contribution in [0.1, 0.15) is 39.5 Å². The zero-order valence-corrected chi connectivity index (χ0v) is 26.1. The standard InChI is InChI=1S/C36H31N3OS2.ClH/c40-33(22-29(26-14-6-2-7-15-26)27-16-8-3-9-17-27)38-36-34(35-37-30-18-10-11-19-31(30)41-35)28-20-21-39(24-32(28)42-36)23-25-12-4-1-5-13-25;/h1-19,29H,20-24H2,(H,38,40);1H.